The third-order valence-corrected chi connectivity index (χ3v) is 3.13. The largest absolute Gasteiger partial charge is 0.311 e. The molecule has 2 nitrogen and oxygen atoms in total. The summed E-state index contributed by atoms with van der Waals surface area (Å²) in [5, 5.41) is 0. The number of anilines is 1. The van der Waals surface area contributed by atoms with E-state index in [0.29, 0.717) is 0 Å². The fraction of sp³-hybridized carbons (Fsp3) is 0.417. The molecule has 80 valence electrons. The van der Waals surface area contributed by atoms with Gasteiger partial charge in [-0.15, -0.1) is 11.6 Å². The van der Waals surface area contributed by atoms with E-state index in [0.717, 1.165) is 25.1 Å². The first-order valence-corrected chi connectivity index (χ1v) is 5.72. The highest BCUT2D eigenvalue weighted by molar-refractivity contribution is 6.29. The van der Waals surface area contributed by atoms with Crippen molar-refractivity contribution < 1.29 is 4.79 Å². The summed E-state index contributed by atoms with van der Waals surface area (Å²) in [6.07, 6.45) is 2.09. The molecule has 1 aromatic carbocycles. The average Bonchev–Trinajstić information content (AvgIpc) is 2.28. The number of alkyl halides is 1. The number of rotatable bonds is 1. The molecule has 1 heterocycles. The second-order valence-electron chi connectivity index (χ2n) is 3.86. The van der Waals surface area contributed by atoms with Gasteiger partial charge in [0.2, 0.25) is 5.91 Å². The second kappa shape index (κ2) is 4.23. The van der Waals surface area contributed by atoms with Crippen molar-refractivity contribution in [3.8, 4) is 0 Å². The number of amides is 1. The van der Waals surface area contributed by atoms with Crippen molar-refractivity contribution >= 4 is 23.2 Å². The summed E-state index contributed by atoms with van der Waals surface area (Å²) >= 11 is 5.60. The van der Waals surface area contributed by atoms with Gasteiger partial charge in [0.25, 0.3) is 0 Å². The molecule has 0 bridgehead atoms. The minimum absolute atomic E-state index is 0.00298. The smallest absolute Gasteiger partial charge is 0.241 e. The molecular formula is C12H14ClNO. The van der Waals surface area contributed by atoms with Gasteiger partial charge < -0.3 is 4.90 Å². The van der Waals surface area contributed by atoms with Crippen LogP contribution in [0.3, 0.4) is 0 Å². The molecule has 0 spiro atoms. The molecule has 3 heteroatoms. The molecule has 0 unspecified atom stereocenters. The minimum Gasteiger partial charge on any atom is -0.311 e. The van der Waals surface area contributed by atoms with Crippen molar-refractivity contribution in [2.45, 2.75) is 19.8 Å². The van der Waals surface area contributed by atoms with Crippen molar-refractivity contribution in [2.75, 3.05) is 17.3 Å². The number of hydrogen-bond donors (Lipinski definition) is 0. The molecule has 2 rings (SSSR count). The number of aryl methyl sites for hydroxylation is 1. The Hall–Kier alpha value is -1.02. The minimum atomic E-state index is 0.00298. The Labute approximate surface area is 94.8 Å². The molecule has 1 aromatic rings. The molecule has 0 fully saturated rings. The van der Waals surface area contributed by atoms with Crippen molar-refractivity contribution in [2.24, 2.45) is 0 Å². The van der Waals surface area contributed by atoms with Crippen molar-refractivity contribution in [3.63, 3.8) is 0 Å². The Morgan fingerprint density at radius 3 is 3.07 bits per heavy atom. The van der Waals surface area contributed by atoms with Crippen LogP contribution in [0.1, 0.15) is 17.5 Å². The number of carbonyl (C=O) groups is 1. The molecule has 0 saturated heterocycles. The zero-order chi connectivity index (χ0) is 10.8. The van der Waals surface area contributed by atoms with Crippen molar-refractivity contribution in [1.82, 2.24) is 0 Å². The molecule has 1 aliphatic rings. The number of nitrogens with zero attached hydrogens (tertiary/aromatic N) is 1. The fourth-order valence-electron chi connectivity index (χ4n) is 2.13. The first kappa shape index (κ1) is 10.5. The molecule has 1 aliphatic heterocycles. The average molecular weight is 224 g/mol. The summed E-state index contributed by atoms with van der Waals surface area (Å²) in [5.74, 6) is 0.0659. The maximum Gasteiger partial charge on any atom is 0.241 e. The van der Waals surface area contributed by atoms with Crippen molar-refractivity contribution in [3.05, 3.63) is 29.3 Å². The summed E-state index contributed by atoms with van der Waals surface area (Å²) in [7, 11) is 0. The van der Waals surface area contributed by atoms with Crippen LogP contribution in [0, 0.1) is 6.92 Å². The Morgan fingerprint density at radius 2 is 2.33 bits per heavy atom. The number of hydrogen-bond acceptors (Lipinski definition) is 1. The summed E-state index contributed by atoms with van der Waals surface area (Å²) in [4.78, 5) is 13.4. The maximum atomic E-state index is 11.6. The van der Waals surface area contributed by atoms with E-state index in [-0.39, 0.29) is 11.8 Å². The van der Waals surface area contributed by atoms with Crippen LogP contribution in [0.5, 0.6) is 0 Å². The SMILES string of the molecule is Cc1cccc2c1CCCN2C(=O)CCl. The Bertz CT molecular complexity index is 389. The van der Waals surface area contributed by atoms with Crippen LogP contribution in [0.4, 0.5) is 5.69 Å². The summed E-state index contributed by atoms with van der Waals surface area (Å²) < 4.78 is 0. The normalized spacial score (nSPS) is 14.9. The molecule has 0 saturated carbocycles. The first-order chi connectivity index (χ1) is 7.24. The van der Waals surface area contributed by atoms with Gasteiger partial charge in [0.1, 0.15) is 5.88 Å². The lowest BCUT2D eigenvalue weighted by molar-refractivity contribution is -0.116. The quantitative estimate of drug-likeness (QED) is 0.670. The third-order valence-electron chi connectivity index (χ3n) is 2.90. The van der Waals surface area contributed by atoms with Crippen LogP contribution in [0.25, 0.3) is 0 Å². The summed E-state index contributed by atoms with van der Waals surface area (Å²) in [6, 6.07) is 6.09. The molecule has 0 atom stereocenters. The first-order valence-electron chi connectivity index (χ1n) is 5.19. The van der Waals surface area contributed by atoms with E-state index < -0.39 is 0 Å². The third kappa shape index (κ3) is 1.86. The molecule has 1 amide bonds. The highest BCUT2D eigenvalue weighted by atomic mass is 35.5. The molecule has 0 aliphatic carbocycles. The fourth-order valence-corrected chi connectivity index (χ4v) is 2.27. The van der Waals surface area contributed by atoms with E-state index in [1.807, 2.05) is 12.1 Å². The van der Waals surface area contributed by atoms with E-state index in [9.17, 15) is 4.79 Å². The van der Waals surface area contributed by atoms with Gasteiger partial charge in [-0.2, -0.15) is 0 Å². The van der Waals surface area contributed by atoms with E-state index in [1.165, 1.54) is 11.1 Å². The summed E-state index contributed by atoms with van der Waals surface area (Å²) in [6.45, 7) is 2.88. The van der Waals surface area contributed by atoms with Crippen LogP contribution < -0.4 is 4.90 Å². The van der Waals surface area contributed by atoms with Crippen LogP contribution >= 0.6 is 11.6 Å². The second-order valence-corrected chi connectivity index (χ2v) is 4.12. The van der Waals surface area contributed by atoms with Crippen LogP contribution in [-0.4, -0.2) is 18.3 Å². The van der Waals surface area contributed by atoms with Gasteiger partial charge >= 0.3 is 0 Å². The molecule has 0 N–H and O–H groups in total. The predicted molar refractivity (Wildman–Crippen MR) is 62.6 cm³/mol. The lowest BCUT2D eigenvalue weighted by Crippen LogP contribution is -2.36. The maximum absolute atomic E-state index is 11.6. The molecule has 0 radical (unpaired) electrons. The molecular weight excluding hydrogens is 210 g/mol. The topological polar surface area (TPSA) is 20.3 Å². The summed E-state index contributed by atoms with van der Waals surface area (Å²) in [5.41, 5.74) is 3.61. The van der Waals surface area contributed by atoms with Gasteiger partial charge in [-0.3, -0.25) is 4.79 Å². The number of benzene rings is 1. The standard InChI is InChI=1S/C12H14ClNO/c1-9-4-2-6-11-10(9)5-3-7-14(11)12(15)8-13/h2,4,6H,3,5,7-8H2,1H3. The van der Waals surface area contributed by atoms with Crippen molar-refractivity contribution in [1.29, 1.82) is 0 Å². The van der Waals surface area contributed by atoms with E-state index in [1.54, 1.807) is 4.90 Å². The monoisotopic (exact) mass is 223 g/mol. The Balaban J connectivity index is 2.42. The number of fused-ring (bicyclic) bond motifs is 1. The predicted octanol–water partition coefficient (Wildman–Crippen LogP) is 2.51. The highest BCUT2D eigenvalue weighted by Gasteiger charge is 2.22. The van der Waals surface area contributed by atoms with E-state index >= 15 is 0 Å². The van der Waals surface area contributed by atoms with Crippen LogP contribution in [0.2, 0.25) is 0 Å². The molecule has 0 aromatic heterocycles. The number of carbonyl (C=O) groups excluding carboxylic acids is 1. The Morgan fingerprint density at radius 1 is 1.53 bits per heavy atom. The number of halogens is 1. The van der Waals surface area contributed by atoms with Gasteiger partial charge in [-0.05, 0) is 37.0 Å². The molecule has 15 heavy (non-hydrogen) atoms. The lowest BCUT2D eigenvalue weighted by atomic mass is 9.97. The van der Waals surface area contributed by atoms with Crippen LogP contribution in [-0.2, 0) is 11.2 Å². The lowest BCUT2D eigenvalue weighted by Gasteiger charge is -2.30. The van der Waals surface area contributed by atoms with E-state index in [4.69, 9.17) is 11.6 Å². The van der Waals surface area contributed by atoms with E-state index in [2.05, 4.69) is 13.0 Å². The van der Waals surface area contributed by atoms with Gasteiger partial charge in [0, 0.05) is 12.2 Å². The van der Waals surface area contributed by atoms with Gasteiger partial charge in [-0.25, -0.2) is 0 Å². The van der Waals surface area contributed by atoms with Gasteiger partial charge in [0.15, 0.2) is 0 Å². The Kier molecular flexibility index (Phi) is 2.96. The zero-order valence-corrected chi connectivity index (χ0v) is 9.55. The van der Waals surface area contributed by atoms with Gasteiger partial charge in [0.05, 0.1) is 0 Å². The zero-order valence-electron chi connectivity index (χ0n) is 8.79. The highest BCUT2D eigenvalue weighted by Crippen LogP contribution is 2.29. The van der Waals surface area contributed by atoms with Gasteiger partial charge in [-0.1, -0.05) is 12.1 Å². The van der Waals surface area contributed by atoms with Crippen LogP contribution in [0.15, 0.2) is 18.2 Å².